The predicted molar refractivity (Wildman–Crippen MR) is 77.3 cm³/mol. The fraction of sp³-hybridized carbons (Fsp3) is 0.571. The van der Waals surface area contributed by atoms with E-state index in [1.165, 1.54) is 12.8 Å². The van der Waals surface area contributed by atoms with Crippen LogP contribution in [0.25, 0.3) is 11.0 Å². The summed E-state index contributed by atoms with van der Waals surface area (Å²) < 4.78 is 1.94. The Morgan fingerprint density at radius 3 is 3.05 bits per heavy atom. The molecular weight excluding hydrogens is 238 g/mol. The molecule has 1 fully saturated rings. The molecule has 0 radical (unpaired) electrons. The SMILES string of the molecule is CCn1ncc2c(NCC3CCNCC3)ccnc21. The van der Waals surface area contributed by atoms with E-state index in [0.717, 1.165) is 48.8 Å². The van der Waals surface area contributed by atoms with Gasteiger partial charge < -0.3 is 10.6 Å². The van der Waals surface area contributed by atoms with Crippen molar-refractivity contribution in [1.82, 2.24) is 20.1 Å². The Labute approximate surface area is 113 Å². The summed E-state index contributed by atoms with van der Waals surface area (Å²) in [5.74, 6) is 0.769. The van der Waals surface area contributed by atoms with E-state index in [4.69, 9.17) is 0 Å². The second-order valence-electron chi connectivity index (χ2n) is 5.13. The first kappa shape index (κ1) is 12.4. The highest BCUT2D eigenvalue weighted by Gasteiger charge is 2.13. The number of nitrogens with zero attached hydrogens (tertiary/aromatic N) is 3. The van der Waals surface area contributed by atoms with Gasteiger partial charge in [-0.15, -0.1) is 0 Å². The van der Waals surface area contributed by atoms with Crippen LogP contribution in [-0.2, 0) is 6.54 Å². The number of piperidine rings is 1. The molecule has 0 saturated carbocycles. The van der Waals surface area contributed by atoms with Crippen molar-refractivity contribution >= 4 is 16.7 Å². The molecular formula is C14H21N5. The molecule has 0 aliphatic carbocycles. The lowest BCUT2D eigenvalue weighted by atomic mass is 9.98. The molecule has 5 nitrogen and oxygen atoms in total. The summed E-state index contributed by atoms with van der Waals surface area (Å²) in [6, 6.07) is 2.05. The number of hydrogen-bond acceptors (Lipinski definition) is 4. The van der Waals surface area contributed by atoms with Gasteiger partial charge in [-0.05, 0) is 44.8 Å². The Morgan fingerprint density at radius 2 is 2.26 bits per heavy atom. The smallest absolute Gasteiger partial charge is 0.159 e. The molecule has 5 heteroatoms. The molecule has 2 N–H and O–H groups in total. The van der Waals surface area contributed by atoms with Crippen LogP contribution in [0.3, 0.4) is 0 Å². The molecule has 102 valence electrons. The number of rotatable bonds is 4. The summed E-state index contributed by atoms with van der Waals surface area (Å²) in [6.07, 6.45) is 6.29. The Hall–Kier alpha value is -1.62. The van der Waals surface area contributed by atoms with Gasteiger partial charge in [-0.25, -0.2) is 9.67 Å². The van der Waals surface area contributed by atoms with Gasteiger partial charge in [-0.3, -0.25) is 0 Å². The molecule has 0 atom stereocenters. The van der Waals surface area contributed by atoms with Crippen LogP contribution in [0.2, 0.25) is 0 Å². The van der Waals surface area contributed by atoms with E-state index in [2.05, 4.69) is 27.6 Å². The van der Waals surface area contributed by atoms with Crippen molar-refractivity contribution in [2.45, 2.75) is 26.3 Å². The first-order valence-electron chi connectivity index (χ1n) is 7.13. The normalized spacial score (nSPS) is 16.9. The van der Waals surface area contributed by atoms with Gasteiger partial charge in [-0.1, -0.05) is 0 Å². The first-order valence-corrected chi connectivity index (χ1v) is 7.13. The number of hydrogen-bond donors (Lipinski definition) is 2. The van der Waals surface area contributed by atoms with Crippen molar-refractivity contribution in [1.29, 1.82) is 0 Å². The minimum Gasteiger partial charge on any atom is -0.384 e. The van der Waals surface area contributed by atoms with Gasteiger partial charge in [-0.2, -0.15) is 5.10 Å². The highest BCUT2D eigenvalue weighted by molar-refractivity contribution is 5.88. The fourth-order valence-electron chi connectivity index (χ4n) is 2.70. The minimum atomic E-state index is 0.769. The van der Waals surface area contributed by atoms with Crippen molar-refractivity contribution in [3.8, 4) is 0 Å². The number of fused-ring (bicyclic) bond motifs is 1. The maximum atomic E-state index is 4.42. The van der Waals surface area contributed by atoms with E-state index < -0.39 is 0 Å². The zero-order valence-electron chi connectivity index (χ0n) is 11.4. The first-order chi connectivity index (χ1) is 9.38. The van der Waals surface area contributed by atoms with E-state index >= 15 is 0 Å². The molecule has 2 aromatic rings. The van der Waals surface area contributed by atoms with Crippen LogP contribution in [0, 0.1) is 5.92 Å². The van der Waals surface area contributed by atoms with Crippen molar-refractivity contribution in [3.63, 3.8) is 0 Å². The standard InChI is InChI=1S/C14H21N5/c1-2-19-14-12(10-18-19)13(5-8-16-14)17-9-11-3-6-15-7-4-11/h5,8,10-11,15H,2-4,6-7,9H2,1H3,(H,16,17). The average Bonchev–Trinajstić information content (AvgIpc) is 2.90. The van der Waals surface area contributed by atoms with E-state index in [1.807, 2.05) is 23.1 Å². The molecule has 1 saturated heterocycles. The Kier molecular flexibility index (Phi) is 3.64. The number of nitrogens with one attached hydrogen (secondary N) is 2. The second kappa shape index (κ2) is 5.57. The van der Waals surface area contributed by atoms with Gasteiger partial charge in [0.2, 0.25) is 0 Å². The molecule has 0 spiro atoms. The van der Waals surface area contributed by atoms with Crippen LogP contribution in [0.5, 0.6) is 0 Å². The zero-order valence-corrected chi connectivity index (χ0v) is 11.4. The third-order valence-corrected chi connectivity index (χ3v) is 3.88. The Morgan fingerprint density at radius 1 is 1.42 bits per heavy atom. The maximum absolute atomic E-state index is 4.42. The average molecular weight is 259 g/mol. The third kappa shape index (κ3) is 2.56. The molecule has 1 aliphatic rings. The van der Waals surface area contributed by atoms with Crippen molar-refractivity contribution in [2.24, 2.45) is 5.92 Å². The minimum absolute atomic E-state index is 0.769. The van der Waals surface area contributed by atoms with Gasteiger partial charge in [0, 0.05) is 25.0 Å². The summed E-state index contributed by atoms with van der Waals surface area (Å²) in [4.78, 5) is 4.42. The molecule has 2 aromatic heterocycles. The molecule has 3 rings (SSSR count). The van der Waals surface area contributed by atoms with E-state index in [1.54, 1.807) is 0 Å². The number of aryl methyl sites for hydroxylation is 1. The number of pyridine rings is 1. The van der Waals surface area contributed by atoms with E-state index in [9.17, 15) is 0 Å². The highest BCUT2D eigenvalue weighted by atomic mass is 15.3. The topological polar surface area (TPSA) is 54.8 Å². The van der Waals surface area contributed by atoms with Crippen molar-refractivity contribution in [3.05, 3.63) is 18.5 Å². The molecule has 3 heterocycles. The van der Waals surface area contributed by atoms with Crippen LogP contribution in [0.4, 0.5) is 5.69 Å². The summed E-state index contributed by atoms with van der Waals surface area (Å²) >= 11 is 0. The molecule has 0 unspecified atom stereocenters. The largest absolute Gasteiger partial charge is 0.384 e. The van der Waals surface area contributed by atoms with Crippen LogP contribution in [0.15, 0.2) is 18.5 Å². The molecule has 0 amide bonds. The van der Waals surface area contributed by atoms with Crippen molar-refractivity contribution < 1.29 is 0 Å². The van der Waals surface area contributed by atoms with E-state index in [0.29, 0.717) is 0 Å². The van der Waals surface area contributed by atoms with Gasteiger partial charge in [0.15, 0.2) is 5.65 Å². The maximum Gasteiger partial charge on any atom is 0.159 e. The Balaban J connectivity index is 1.75. The monoisotopic (exact) mass is 259 g/mol. The molecule has 0 bridgehead atoms. The Bertz CT molecular complexity index is 542. The second-order valence-corrected chi connectivity index (χ2v) is 5.13. The highest BCUT2D eigenvalue weighted by Crippen LogP contribution is 2.22. The third-order valence-electron chi connectivity index (χ3n) is 3.88. The lowest BCUT2D eigenvalue weighted by molar-refractivity contribution is 0.390. The van der Waals surface area contributed by atoms with Crippen LogP contribution in [-0.4, -0.2) is 34.4 Å². The van der Waals surface area contributed by atoms with Crippen LogP contribution >= 0.6 is 0 Å². The lowest BCUT2D eigenvalue weighted by Crippen LogP contribution is -2.31. The number of anilines is 1. The summed E-state index contributed by atoms with van der Waals surface area (Å²) in [5.41, 5.74) is 2.13. The van der Waals surface area contributed by atoms with E-state index in [-0.39, 0.29) is 0 Å². The molecule has 19 heavy (non-hydrogen) atoms. The number of aromatic nitrogens is 3. The quantitative estimate of drug-likeness (QED) is 0.880. The van der Waals surface area contributed by atoms with Crippen molar-refractivity contribution in [2.75, 3.05) is 25.0 Å². The lowest BCUT2D eigenvalue weighted by Gasteiger charge is -2.23. The van der Waals surface area contributed by atoms with Crippen LogP contribution in [0.1, 0.15) is 19.8 Å². The summed E-state index contributed by atoms with van der Waals surface area (Å²) in [7, 11) is 0. The predicted octanol–water partition coefficient (Wildman–Crippen LogP) is 1.86. The summed E-state index contributed by atoms with van der Waals surface area (Å²) in [6.45, 7) is 6.27. The molecule has 1 aliphatic heterocycles. The van der Waals surface area contributed by atoms with Gasteiger partial charge in [0.1, 0.15) is 0 Å². The van der Waals surface area contributed by atoms with Crippen LogP contribution < -0.4 is 10.6 Å². The van der Waals surface area contributed by atoms with Gasteiger partial charge in [0.25, 0.3) is 0 Å². The molecule has 0 aromatic carbocycles. The summed E-state index contributed by atoms with van der Waals surface area (Å²) in [5, 5.41) is 12.5. The van der Waals surface area contributed by atoms with Gasteiger partial charge in [0.05, 0.1) is 11.6 Å². The van der Waals surface area contributed by atoms with Gasteiger partial charge >= 0.3 is 0 Å². The zero-order chi connectivity index (χ0) is 13.1. The fourth-order valence-corrected chi connectivity index (χ4v) is 2.70.